The van der Waals surface area contributed by atoms with Crippen LogP contribution in [-0.2, 0) is 15.7 Å². The van der Waals surface area contributed by atoms with Gasteiger partial charge in [0.05, 0.1) is 17.1 Å². The highest BCUT2D eigenvalue weighted by Crippen LogP contribution is 2.22. The van der Waals surface area contributed by atoms with Crippen LogP contribution in [0.2, 0.25) is 0 Å². The minimum atomic E-state index is -0.755. The van der Waals surface area contributed by atoms with Crippen LogP contribution >= 0.6 is 0 Å². The second-order valence-corrected chi connectivity index (χ2v) is 9.01. The van der Waals surface area contributed by atoms with Gasteiger partial charge in [-0.25, -0.2) is 8.51 Å². The normalized spacial score (nSPS) is 23.2. The fraction of sp³-hybridized carbons (Fsp3) is 0.895. The summed E-state index contributed by atoms with van der Waals surface area (Å²) in [4.78, 5) is 2.59. The maximum absolute atomic E-state index is 11.8. The molecule has 0 aliphatic carbocycles. The van der Waals surface area contributed by atoms with E-state index in [-0.39, 0.29) is 0 Å². The number of piperidine rings is 2. The number of likely N-dealkylation sites (tertiary alicyclic amines) is 1. The first-order valence-electron chi connectivity index (χ1n) is 9.54. The largest absolute Gasteiger partial charge is 0.365 e. The summed E-state index contributed by atoms with van der Waals surface area (Å²) < 4.78 is 19.9. The Labute approximate surface area is 150 Å². The number of hydrogen-bond acceptors (Lipinski definition) is 3. The molecule has 0 bridgehead atoms. The highest BCUT2D eigenvalue weighted by Gasteiger charge is 2.26. The molecular weight excluding hydrogens is 320 g/mol. The molecule has 0 radical (unpaired) electrons. The summed E-state index contributed by atoms with van der Waals surface area (Å²) in [6.07, 6.45) is 5.01. The Hall–Kier alpha value is -0.410. The van der Waals surface area contributed by atoms with Crippen molar-refractivity contribution >= 4 is 11.0 Å². The van der Waals surface area contributed by atoms with Crippen molar-refractivity contribution in [1.82, 2.24) is 9.21 Å². The summed E-state index contributed by atoms with van der Waals surface area (Å²) in [7, 11) is -0.755. The average Bonchev–Trinajstić information content (AvgIpc) is 2.60. The zero-order valence-corrected chi connectivity index (χ0v) is 16.4. The van der Waals surface area contributed by atoms with Gasteiger partial charge >= 0.3 is 0 Å². The molecule has 2 aliphatic rings. The van der Waals surface area contributed by atoms with Crippen LogP contribution < -0.4 is 0 Å². The molecule has 2 heterocycles. The van der Waals surface area contributed by atoms with Gasteiger partial charge in [0.25, 0.3) is 0 Å². The zero-order chi connectivity index (χ0) is 17.4. The van der Waals surface area contributed by atoms with E-state index in [0.29, 0.717) is 18.6 Å². The van der Waals surface area contributed by atoms with E-state index >= 15 is 0 Å². The summed E-state index contributed by atoms with van der Waals surface area (Å²) in [5.74, 6) is 8.21. The van der Waals surface area contributed by atoms with E-state index in [1.54, 1.807) is 0 Å². The van der Waals surface area contributed by atoms with Gasteiger partial charge in [0.1, 0.15) is 6.61 Å². The molecule has 0 spiro atoms. The summed E-state index contributed by atoms with van der Waals surface area (Å²) in [5, 5.41) is 0. The maximum atomic E-state index is 11.8. The van der Waals surface area contributed by atoms with Crippen LogP contribution in [0.25, 0.3) is 0 Å². The molecule has 2 aliphatic heterocycles. The molecule has 5 heteroatoms. The Morgan fingerprint density at radius 3 is 2.38 bits per heavy atom. The Kier molecular flexibility index (Phi) is 8.75. The van der Waals surface area contributed by atoms with Gasteiger partial charge < -0.3 is 9.64 Å². The monoisotopic (exact) mass is 354 g/mol. The molecule has 138 valence electrons. The molecule has 1 atom stereocenters. The lowest BCUT2D eigenvalue weighted by Gasteiger charge is -2.37. The van der Waals surface area contributed by atoms with Crippen LogP contribution in [0.5, 0.6) is 0 Å². The van der Waals surface area contributed by atoms with E-state index in [4.69, 9.17) is 4.74 Å². The Balaban J connectivity index is 1.60. The van der Waals surface area contributed by atoms with Gasteiger partial charge in [-0.1, -0.05) is 32.6 Å². The SMILES string of the molecule is CCS(=O)N1CCC(CN2CCC(OCC#CC(C)C)CC2)CC1. The van der Waals surface area contributed by atoms with Gasteiger partial charge in [-0.2, -0.15) is 0 Å². The third-order valence-electron chi connectivity index (χ3n) is 4.94. The van der Waals surface area contributed by atoms with Crippen molar-refractivity contribution in [3.63, 3.8) is 0 Å². The first kappa shape index (κ1) is 19.9. The van der Waals surface area contributed by atoms with Crippen molar-refractivity contribution in [2.75, 3.05) is 45.1 Å². The van der Waals surface area contributed by atoms with E-state index in [9.17, 15) is 4.21 Å². The molecule has 0 aromatic carbocycles. The molecule has 2 saturated heterocycles. The number of nitrogens with zero attached hydrogens (tertiary/aromatic N) is 2. The fourth-order valence-electron chi connectivity index (χ4n) is 3.51. The predicted octanol–water partition coefficient (Wildman–Crippen LogP) is 2.52. The Bertz CT molecular complexity index is 442. The number of rotatable bonds is 6. The minimum Gasteiger partial charge on any atom is -0.365 e. The van der Waals surface area contributed by atoms with E-state index in [2.05, 4.69) is 34.9 Å². The van der Waals surface area contributed by atoms with E-state index < -0.39 is 11.0 Å². The molecule has 1 unspecified atom stereocenters. The van der Waals surface area contributed by atoms with Crippen molar-refractivity contribution < 1.29 is 8.95 Å². The zero-order valence-electron chi connectivity index (χ0n) is 15.6. The molecule has 2 rings (SSSR count). The van der Waals surface area contributed by atoms with Crippen molar-refractivity contribution in [3.05, 3.63) is 0 Å². The Morgan fingerprint density at radius 1 is 1.12 bits per heavy atom. The van der Waals surface area contributed by atoms with Gasteiger partial charge in [-0.05, 0) is 31.6 Å². The molecular formula is C19H34N2O2S. The highest BCUT2D eigenvalue weighted by molar-refractivity contribution is 7.82. The lowest BCUT2D eigenvalue weighted by atomic mass is 9.96. The van der Waals surface area contributed by atoms with Gasteiger partial charge in [0.2, 0.25) is 0 Å². The second kappa shape index (κ2) is 10.6. The summed E-state index contributed by atoms with van der Waals surface area (Å²) in [5.41, 5.74) is 0. The minimum absolute atomic E-state index is 0.386. The molecule has 0 saturated carbocycles. The van der Waals surface area contributed by atoms with Crippen molar-refractivity contribution in [3.8, 4) is 11.8 Å². The van der Waals surface area contributed by atoms with E-state index in [1.165, 1.54) is 19.4 Å². The average molecular weight is 355 g/mol. The number of ether oxygens (including phenoxy) is 1. The van der Waals surface area contributed by atoms with Crippen LogP contribution in [0.3, 0.4) is 0 Å². The third-order valence-corrected chi connectivity index (χ3v) is 6.38. The van der Waals surface area contributed by atoms with Crippen LogP contribution in [0.15, 0.2) is 0 Å². The molecule has 2 fully saturated rings. The summed E-state index contributed by atoms with van der Waals surface area (Å²) in [6, 6.07) is 0. The van der Waals surface area contributed by atoms with E-state index in [0.717, 1.165) is 50.7 Å². The first-order chi connectivity index (χ1) is 11.6. The van der Waals surface area contributed by atoms with Gasteiger partial charge in [-0.3, -0.25) is 0 Å². The Morgan fingerprint density at radius 2 is 1.79 bits per heavy atom. The number of hydrogen-bond donors (Lipinski definition) is 0. The molecule has 0 N–H and O–H groups in total. The predicted molar refractivity (Wildman–Crippen MR) is 101 cm³/mol. The lowest BCUT2D eigenvalue weighted by molar-refractivity contribution is 0.0189. The molecule has 24 heavy (non-hydrogen) atoms. The van der Waals surface area contributed by atoms with Crippen molar-refractivity contribution in [2.45, 2.75) is 52.6 Å². The van der Waals surface area contributed by atoms with Gasteiger partial charge in [-0.15, -0.1) is 0 Å². The maximum Gasteiger partial charge on any atom is 0.108 e. The smallest absolute Gasteiger partial charge is 0.108 e. The van der Waals surface area contributed by atoms with Crippen LogP contribution in [-0.4, -0.2) is 64.6 Å². The fourth-order valence-corrected chi connectivity index (χ4v) is 4.49. The van der Waals surface area contributed by atoms with E-state index in [1.807, 2.05) is 6.92 Å². The van der Waals surface area contributed by atoms with Crippen molar-refractivity contribution in [1.29, 1.82) is 0 Å². The third kappa shape index (κ3) is 6.84. The van der Waals surface area contributed by atoms with Crippen molar-refractivity contribution in [2.24, 2.45) is 11.8 Å². The molecule has 4 nitrogen and oxygen atoms in total. The van der Waals surface area contributed by atoms with Gasteiger partial charge in [0, 0.05) is 44.4 Å². The van der Waals surface area contributed by atoms with Crippen LogP contribution in [0.4, 0.5) is 0 Å². The quantitative estimate of drug-likeness (QED) is 0.687. The summed E-state index contributed by atoms with van der Waals surface area (Å²) in [6.45, 7) is 12.3. The molecule has 0 amide bonds. The van der Waals surface area contributed by atoms with Crippen LogP contribution in [0, 0.1) is 23.7 Å². The lowest BCUT2D eigenvalue weighted by Crippen LogP contribution is -2.43. The van der Waals surface area contributed by atoms with Crippen LogP contribution in [0.1, 0.15) is 46.5 Å². The highest BCUT2D eigenvalue weighted by atomic mass is 32.2. The standard InChI is InChI=1S/C19H34N2O2S/c1-4-24(22)21-13-7-18(8-14-21)16-20-11-9-19(10-12-20)23-15-5-6-17(2)3/h17-19H,4,7-16H2,1-3H3. The first-order valence-corrected chi connectivity index (χ1v) is 10.8. The second-order valence-electron chi connectivity index (χ2n) is 7.27. The molecule has 0 aromatic rings. The van der Waals surface area contributed by atoms with Gasteiger partial charge in [0.15, 0.2) is 0 Å². The molecule has 0 aromatic heterocycles. The topological polar surface area (TPSA) is 32.8 Å². The summed E-state index contributed by atoms with van der Waals surface area (Å²) >= 11 is 0.